The van der Waals surface area contributed by atoms with Gasteiger partial charge in [-0.25, -0.2) is 14.0 Å². The van der Waals surface area contributed by atoms with E-state index in [1.807, 2.05) is 0 Å². The molecular weight excluding hydrogens is 659 g/mol. The van der Waals surface area contributed by atoms with Crippen molar-refractivity contribution in [2.24, 2.45) is 0 Å². The highest BCUT2D eigenvalue weighted by molar-refractivity contribution is 5.89. The van der Waals surface area contributed by atoms with Crippen LogP contribution in [0.15, 0.2) is 66.7 Å². The quantitative estimate of drug-likeness (QED) is 0.204. The average molecular weight is 688 g/mol. The fourth-order valence-electron chi connectivity index (χ4n) is 6.88. The number of benzene rings is 4. The minimum Gasteiger partial charge on any atom is -0.496 e. The van der Waals surface area contributed by atoms with Crippen LogP contribution in [0.25, 0.3) is 22.3 Å². The maximum Gasteiger partial charge on any atom is 0.416 e. The summed E-state index contributed by atoms with van der Waals surface area (Å²) in [5, 5.41) is 9.37. The predicted molar refractivity (Wildman–Crippen MR) is 164 cm³/mol. The second kappa shape index (κ2) is 12.1. The van der Waals surface area contributed by atoms with E-state index >= 15 is 4.39 Å². The molecule has 0 aromatic heterocycles. The SMILES string of the molecule is COc1cc(F)c(-c2ccc(C(=O)O)cc2C)cc1-c1ccc(C(F)(F)F)cc1[C@@H]1CCC2[C@@H](c3cc(C)cc(C(F)(F)F)c3)OC(=O)N21. The van der Waals surface area contributed by atoms with Crippen LogP contribution in [-0.4, -0.2) is 35.2 Å². The summed E-state index contributed by atoms with van der Waals surface area (Å²) in [6, 6.07) is 11.1. The Labute approximate surface area is 275 Å². The number of carbonyl (C=O) groups is 2. The number of ether oxygens (including phenoxy) is 2. The van der Waals surface area contributed by atoms with Crippen LogP contribution >= 0.6 is 0 Å². The molecule has 49 heavy (non-hydrogen) atoms. The minimum absolute atomic E-state index is 0.0158. The zero-order valence-corrected chi connectivity index (χ0v) is 26.2. The van der Waals surface area contributed by atoms with Gasteiger partial charge in [0.2, 0.25) is 0 Å². The van der Waals surface area contributed by atoms with Crippen molar-refractivity contribution in [3.8, 4) is 28.0 Å². The van der Waals surface area contributed by atoms with E-state index in [0.717, 1.165) is 30.3 Å². The van der Waals surface area contributed by atoms with Crippen LogP contribution in [0.1, 0.15) is 68.7 Å². The van der Waals surface area contributed by atoms with Gasteiger partial charge in [0, 0.05) is 17.2 Å². The van der Waals surface area contributed by atoms with Gasteiger partial charge in [0.1, 0.15) is 17.7 Å². The molecule has 13 heteroatoms. The second-order valence-electron chi connectivity index (χ2n) is 12.2. The third-order valence-corrected chi connectivity index (χ3v) is 9.05. The number of hydrogen-bond donors (Lipinski definition) is 1. The Morgan fingerprint density at radius 1 is 0.837 bits per heavy atom. The lowest BCUT2D eigenvalue weighted by atomic mass is 9.88. The van der Waals surface area contributed by atoms with Gasteiger partial charge in [-0.2, -0.15) is 26.3 Å². The molecule has 0 saturated carbocycles. The lowest BCUT2D eigenvalue weighted by Crippen LogP contribution is -2.31. The van der Waals surface area contributed by atoms with Gasteiger partial charge in [-0.3, -0.25) is 4.90 Å². The fraction of sp³-hybridized carbons (Fsp3) is 0.278. The number of carboxylic acid groups (broad SMARTS) is 1. The summed E-state index contributed by atoms with van der Waals surface area (Å²) < 4.78 is 110. The Morgan fingerprint density at radius 3 is 2.16 bits per heavy atom. The molecular formula is C36H28F7NO5. The molecule has 6 nitrogen and oxygen atoms in total. The summed E-state index contributed by atoms with van der Waals surface area (Å²) in [6.07, 6.45) is -11.0. The maximum absolute atomic E-state index is 15.6. The molecule has 4 aromatic carbocycles. The molecule has 0 aliphatic carbocycles. The van der Waals surface area contributed by atoms with E-state index in [1.165, 1.54) is 55.3 Å². The van der Waals surface area contributed by atoms with Crippen molar-refractivity contribution in [2.75, 3.05) is 7.11 Å². The van der Waals surface area contributed by atoms with E-state index in [-0.39, 0.29) is 52.0 Å². The Hall–Kier alpha value is -5.07. The van der Waals surface area contributed by atoms with E-state index in [0.29, 0.717) is 16.7 Å². The van der Waals surface area contributed by atoms with Gasteiger partial charge in [-0.1, -0.05) is 23.8 Å². The average Bonchev–Trinajstić information content (AvgIpc) is 3.60. The van der Waals surface area contributed by atoms with Crippen LogP contribution in [0.4, 0.5) is 35.5 Å². The molecule has 2 aliphatic heterocycles. The van der Waals surface area contributed by atoms with Crippen molar-refractivity contribution in [1.82, 2.24) is 4.90 Å². The number of amides is 1. The maximum atomic E-state index is 15.6. The monoisotopic (exact) mass is 687 g/mol. The van der Waals surface area contributed by atoms with Crippen LogP contribution in [0.5, 0.6) is 5.75 Å². The van der Waals surface area contributed by atoms with Gasteiger partial charge < -0.3 is 14.6 Å². The van der Waals surface area contributed by atoms with Gasteiger partial charge in [-0.05, 0) is 97.0 Å². The first-order chi connectivity index (χ1) is 23.0. The molecule has 1 N–H and O–H groups in total. The number of halogens is 7. The number of carbonyl (C=O) groups excluding carboxylic acids is 1. The zero-order chi connectivity index (χ0) is 35.6. The van der Waals surface area contributed by atoms with Gasteiger partial charge in [0.15, 0.2) is 0 Å². The van der Waals surface area contributed by atoms with E-state index < -0.39 is 59.5 Å². The van der Waals surface area contributed by atoms with Gasteiger partial charge >= 0.3 is 24.4 Å². The molecule has 4 aromatic rings. The Morgan fingerprint density at radius 2 is 1.53 bits per heavy atom. The van der Waals surface area contributed by atoms with Crippen molar-refractivity contribution < 1.29 is 54.9 Å². The normalized spacial score (nSPS) is 19.2. The number of cyclic esters (lactones) is 1. The van der Waals surface area contributed by atoms with Crippen LogP contribution in [0, 0.1) is 19.7 Å². The topological polar surface area (TPSA) is 76.1 Å². The Kier molecular flexibility index (Phi) is 8.36. The number of nitrogens with zero attached hydrogens (tertiary/aromatic N) is 1. The Bertz CT molecular complexity index is 1990. The van der Waals surface area contributed by atoms with E-state index in [9.17, 15) is 41.0 Å². The van der Waals surface area contributed by atoms with Crippen molar-refractivity contribution in [3.63, 3.8) is 0 Å². The molecule has 6 rings (SSSR count). The summed E-state index contributed by atoms with van der Waals surface area (Å²) in [6.45, 7) is 3.07. The largest absolute Gasteiger partial charge is 0.496 e. The summed E-state index contributed by atoms with van der Waals surface area (Å²) in [7, 11) is 1.26. The van der Waals surface area contributed by atoms with Crippen LogP contribution in [0.3, 0.4) is 0 Å². The first-order valence-electron chi connectivity index (χ1n) is 15.1. The molecule has 2 heterocycles. The molecule has 0 spiro atoms. The Balaban J connectivity index is 1.48. The van der Waals surface area contributed by atoms with Crippen LogP contribution < -0.4 is 4.74 Å². The van der Waals surface area contributed by atoms with Gasteiger partial charge in [-0.15, -0.1) is 0 Å². The number of hydrogen-bond acceptors (Lipinski definition) is 4. The first-order valence-corrected chi connectivity index (χ1v) is 15.1. The molecule has 256 valence electrons. The molecule has 3 atom stereocenters. The highest BCUT2D eigenvalue weighted by Crippen LogP contribution is 2.51. The molecule has 2 fully saturated rings. The number of aromatic carboxylic acids is 1. The molecule has 1 amide bonds. The number of methoxy groups -OCH3 is 1. The summed E-state index contributed by atoms with van der Waals surface area (Å²) in [4.78, 5) is 26.1. The molecule has 2 aliphatic rings. The molecule has 1 unspecified atom stereocenters. The van der Waals surface area contributed by atoms with Crippen molar-refractivity contribution in [1.29, 1.82) is 0 Å². The molecule has 2 saturated heterocycles. The zero-order valence-electron chi connectivity index (χ0n) is 26.2. The second-order valence-corrected chi connectivity index (χ2v) is 12.2. The van der Waals surface area contributed by atoms with Crippen LogP contribution in [-0.2, 0) is 17.1 Å². The number of rotatable bonds is 6. The van der Waals surface area contributed by atoms with Crippen molar-refractivity contribution in [2.45, 2.75) is 57.2 Å². The van der Waals surface area contributed by atoms with Gasteiger partial charge in [0.05, 0.1) is 35.9 Å². The van der Waals surface area contributed by atoms with Gasteiger partial charge in [0.25, 0.3) is 0 Å². The predicted octanol–water partition coefficient (Wildman–Crippen LogP) is 9.92. The third kappa shape index (κ3) is 6.17. The third-order valence-electron chi connectivity index (χ3n) is 9.05. The minimum atomic E-state index is -4.77. The number of aryl methyl sites for hydroxylation is 2. The van der Waals surface area contributed by atoms with Crippen LogP contribution in [0.2, 0.25) is 0 Å². The van der Waals surface area contributed by atoms with E-state index in [4.69, 9.17) is 9.47 Å². The van der Waals surface area contributed by atoms with E-state index in [2.05, 4.69) is 0 Å². The highest BCUT2D eigenvalue weighted by Gasteiger charge is 2.51. The molecule has 0 bridgehead atoms. The molecule has 0 radical (unpaired) electrons. The summed E-state index contributed by atoms with van der Waals surface area (Å²) in [5.74, 6) is -1.93. The number of fused-ring (bicyclic) bond motifs is 1. The number of alkyl halides is 6. The highest BCUT2D eigenvalue weighted by atomic mass is 19.4. The smallest absolute Gasteiger partial charge is 0.416 e. The van der Waals surface area contributed by atoms with Crippen molar-refractivity contribution in [3.05, 3.63) is 111 Å². The summed E-state index contributed by atoms with van der Waals surface area (Å²) in [5.41, 5.74) is -0.286. The van der Waals surface area contributed by atoms with Crippen molar-refractivity contribution >= 4 is 12.1 Å². The lowest BCUT2D eigenvalue weighted by molar-refractivity contribution is -0.138. The standard InChI is InChI=1S/C36H28F7NO5/c1-17-10-20(13-22(11-17)36(41,42)43)32-30-9-8-29(44(30)34(47)49-32)26-14-21(35(38,39)40)5-7-24(26)27-15-25(28(37)16-31(27)48-3)23-6-4-19(33(45)46)12-18(23)2/h4-7,10-16,29-30,32H,8-9H2,1-3H3,(H,45,46)/t29-,30?,32+/m0/s1. The summed E-state index contributed by atoms with van der Waals surface area (Å²) >= 11 is 0. The first kappa shape index (κ1) is 33.8. The fourth-order valence-corrected chi connectivity index (χ4v) is 6.88. The van der Waals surface area contributed by atoms with E-state index in [1.54, 1.807) is 6.92 Å². The lowest BCUT2D eigenvalue weighted by Gasteiger charge is -2.26. The number of carboxylic acids is 1.